The lowest BCUT2D eigenvalue weighted by Gasteiger charge is -2.32. The molecule has 0 radical (unpaired) electrons. The molecule has 4 nitrogen and oxygen atoms in total. The van der Waals surface area contributed by atoms with E-state index in [1.807, 2.05) is 7.05 Å². The summed E-state index contributed by atoms with van der Waals surface area (Å²) in [5.74, 6) is -1.17. The van der Waals surface area contributed by atoms with Gasteiger partial charge in [0.15, 0.2) is 0 Å². The average molecular weight is 328 g/mol. The van der Waals surface area contributed by atoms with Crippen LogP contribution in [0.1, 0.15) is 17.4 Å². The van der Waals surface area contributed by atoms with E-state index in [0.717, 1.165) is 11.8 Å². The van der Waals surface area contributed by atoms with E-state index in [2.05, 4.69) is 10.00 Å². The van der Waals surface area contributed by atoms with E-state index < -0.39 is 17.7 Å². The minimum absolute atomic E-state index is 0.373. The number of nitrogens with zero attached hydrogens (tertiary/aromatic N) is 3. The Labute approximate surface area is 132 Å². The Balaban J connectivity index is 1.72. The Morgan fingerprint density at radius 2 is 2.23 bits per heavy atom. The first kappa shape index (κ1) is 15.4. The number of benzene rings is 1. The van der Waals surface area contributed by atoms with Crippen molar-refractivity contribution in [2.75, 3.05) is 19.7 Å². The highest BCUT2D eigenvalue weighted by Gasteiger charge is 2.25. The fraction of sp³-hybridized carbons (Fsp3) is 0.400. The van der Waals surface area contributed by atoms with Crippen molar-refractivity contribution in [2.24, 2.45) is 7.05 Å². The largest absolute Gasteiger partial charge is 0.371 e. The number of rotatable bonds is 3. The molecule has 1 aliphatic rings. The van der Waals surface area contributed by atoms with Crippen LogP contribution in [0.4, 0.5) is 8.78 Å². The Hall–Kier alpha value is -1.50. The van der Waals surface area contributed by atoms with Gasteiger partial charge >= 0.3 is 0 Å². The van der Waals surface area contributed by atoms with Gasteiger partial charge in [0.1, 0.15) is 11.6 Å². The van der Waals surface area contributed by atoms with Crippen LogP contribution in [0.15, 0.2) is 24.4 Å². The van der Waals surface area contributed by atoms with Crippen molar-refractivity contribution < 1.29 is 13.5 Å². The third-order valence-electron chi connectivity index (χ3n) is 3.69. The van der Waals surface area contributed by atoms with Crippen LogP contribution in [0.5, 0.6) is 0 Å². The molecule has 22 heavy (non-hydrogen) atoms. The highest BCUT2D eigenvalue weighted by molar-refractivity contribution is 6.31. The van der Waals surface area contributed by atoms with Gasteiger partial charge in [-0.1, -0.05) is 17.7 Å². The van der Waals surface area contributed by atoms with Crippen molar-refractivity contribution in [1.29, 1.82) is 0 Å². The van der Waals surface area contributed by atoms with Crippen LogP contribution >= 0.6 is 11.6 Å². The van der Waals surface area contributed by atoms with Crippen molar-refractivity contribution in [2.45, 2.75) is 12.6 Å². The number of hydrogen-bond acceptors (Lipinski definition) is 3. The van der Waals surface area contributed by atoms with E-state index in [-0.39, 0.29) is 0 Å². The van der Waals surface area contributed by atoms with Crippen LogP contribution in [0, 0.1) is 11.6 Å². The van der Waals surface area contributed by atoms with Crippen molar-refractivity contribution in [3.05, 3.63) is 52.3 Å². The normalized spacial score (nSPS) is 19.5. The predicted molar refractivity (Wildman–Crippen MR) is 78.5 cm³/mol. The van der Waals surface area contributed by atoms with Crippen molar-refractivity contribution in [1.82, 2.24) is 14.7 Å². The fourth-order valence-corrected chi connectivity index (χ4v) is 2.86. The molecule has 1 aliphatic heterocycles. The molecular formula is C15H16ClF2N3O. The SMILES string of the molecule is Cn1cc(Cl)c(CN2CCOC(c3ccc(F)cc3F)C2)n1. The van der Waals surface area contributed by atoms with E-state index in [0.29, 0.717) is 36.8 Å². The van der Waals surface area contributed by atoms with Crippen molar-refractivity contribution >= 4 is 11.6 Å². The zero-order chi connectivity index (χ0) is 15.7. The summed E-state index contributed by atoms with van der Waals surface area (Å²) in [6, 6.07) is 3.57. The number of hydrogen-bond donors (Lipinski definition) is 0. The van der Waals surface area contributed by atoms with Crippen LogP contribution < -0.4 is 0 Å². The number of ether oxygens (including phenoxy) is 1. The van der Waals surface area contributed by atoms with Gasteiger partial charge < -0.3 is 4.74 Å². The Morgan fingerprint density at radius 1 is 1.41 bits per heavy atom. The van der Waals surface area contributed by atoms with Crippen molar-refractivity contribution in [3.8, 4) is 0 Å². The van der Waals surface area contributed by atoms with E-state index in [9.17, 15) is 8.78 Å². The van der Waals surface area contributed by atoms with E-state index in [1.165, 1.54) is 12.1 Å². The van der Waals surface area contributed by atoms with Gasteiger partial charge in [-0.15, -0.1) is 0 Å². The summed E-state index contributed by atoms with van der Waals surface area (Å²) in [6.07, 6.45) is 1.32. The second-order valence-electron chi connectivity index (χ2n) is 5.36. The predicted octanol–water partition coefficient (Wildman–Crippen LogP) is 2.93. The van der Waals surface area contributed by atoms with Crippen LogP contribution in [0.2, 0.25) is 5.02 Å². The number of aromatic nitrogens is 2. The summed E-state index contributed by atoms with van der Waals surface area (Å²) in [4.78, 5) is 2.10. The molecule has 0 aliphatic carbocycles. The molecule has 1 atom stereocenters. The van der Waals surface area contributed by atoms with Gasteiger partial charge in [-0.25, -0.2) is 8.78 Å². The molecule has 0 amide bonds. The number of morpholine rings is 1. The van der Waals surface area contributed by atoms with Crippen LogP contribution in [-0.2, 0) is 18.3 Å². The molecule has 7 heteroatoms. The van der Waals surface area contributed by atoms with Crippen molar-refractivity contribution in [3.63, 3.8) is 0 Å². The lowest BCUT2D eigenvalue weighted by atomic mass is 10.1. The molecule has 2 heterocycles. The van der Waals surface area contributed by atoms with E-state index in [1.54, 1.807) is 10.9 Å². The molecule has 2 aromatic rings. The number of halogens is 3. The summed E-state index contributed by atoms with van der Waals surface area (Å²) in [7, 11) is 1.81. The fourth-order valence-electron chi connectivity index (χ4n) is 2.62. The van der Waals surface area contributed by atoms with E-state index >= 15 is 0 Å². The highest BCUT2D eigenvalue weighted by Crippen LogP contribution is 2.26. The van der Waals surface area contributed by atoms with Gasteiger partial charge in [-0.2, -0.15) is 5.10 Å². The summed E-state index contributed by atoms with van der Waals surface area (Å²) < 4.78 is 34.2. The van der Waals surface area contributed by atoms with Crippen LogP contribution in [0.25, 0.3) is 0 Å². The Bertz CT molecular complexity index is 677. The summed E-state index contributed by atoms with van der Waals surface area (Å²) >= 11 is 6.12. The first-order valence-corrected chi connectivity index (χ1v) is 7.37. The minimum Gasteiger partial charge on any atom is -0.371 e. The maximum absolute atomic E-state index is 13.9. The van der Waals surface area contributed by atoms with Gasteiger partial charge in [0, 0.05) is 44.5 Å². The zero-order valence-corrected chi connectivity index (χ0v) is 12.9. The molecule has 1 aromatic heterocycles. The summed E-state index contributed by atoms with van der Waals surface area (Å²) in [6.45, 7) is 2.27. The van der Waals surface area contributed by atoms with Gasteiger partial charge in [-0.3, -0.25) is 9.58 Å². The molecular weight excluding hydrogens is 312 g/mol. The molecule has 1 saturated heterocycles. The van der Waals surface area contributed by atoms with Gasteiger partial charge in [0.25, 0.3) is 0 Å². The third-order valence-corrected chi connectivity index (χ3v) is 4.00. The average Bonchev–Trinajstić information content (AvgIpc) is 2.77. The Morgan fingerprint density at radius 3 is 2.91 bits per heavy atom. The van der Waals surface area contributed by atoms with Gasteiger partial charge in [-0.05, 0) is 6.07 Å². The topological polar surface area (TPSA) is 30.3 Å². The lowest BCUT2D eigenvalue weighted by Crippen LogP contribution is -2.38. The van der Waals surface area contributed by atoms with Gasteiger partial charge in [0.05, 0.1) is 23.4 Å². The molecule has 0 bridgehead atoms. The van der Waals surface area contributed by atoms with Gasteiger partial charge in [0.2, 0.25) is 0 Å². The summed E-state index contributed by atoms with van der Waals surface area (Å²) in [5.41, 5.74) is 1.16. The molecule has 118 valence electrons. The minimum atomic E-state index is -0.589. The lowest BCUT2D eigenvalue weighted by molar-refractivity contribution is -0.0349. The smallest absolute Gasteiger partial charge is 0.131 e. The maximum Gasteiger partial charge on any atom is 0.131 e. The molecule has 1 unspecified atom stereocenters. The van der Waals surface area contributed by atoms with E-state index in [4.69, 9.17) is 16.3 Å². The second-order valence-corrected chi connectivity index (χ2v) is 5.76. The maximum atomic E-state index is 13.9. The first-order chi connectivity index (χ1) is 10.5. The quantitative estimate of drug-likeness (QED) is 0.868. The summed E-state index contributed by atoms with van der Waals surface area (Å²) in [5, 5.41) is 4.92. The molecule has 3 rings (SSSR count). The molecule has 1 fully saturated rings. The number of aryl methyl sites for hydroxylation is 1. The Kier molecular flexibility index (Phi) is 4.42. The van der Waals surface area contributed by atoms with Crippen LogP contribution in [0.3, 0.4) is 0 Å². The first-order valence-electron chi connectivity index (χ1n) is 7.00. The monoisotopic (exact) mass is 327 g/mol. The molecule has 1 aromatic carbocycles. The molecule has 0 spiro atoms. The zero-order valence-electron chi connectivity index (χ0n) is 12.1. The molecule has 0 saturated carbocycles. The third kappa shape index (κ3) is 3.29. The standard InChI is InChI=1S/C15H16ClF2N3O/c1-20-7-12(16)14(19-20)8-21-4-5-22-15(9-21)11-3-2-10(17)6-13(11)18/h2-3,6-7,15H,4-5,8-9H2,1H3. The second kappa shape index (κ2) is 6.32. The molecule has 0 N–H and O–H groups in total. The van der Waals surface area contributed by atoms with Crippen LogP contribution in [-0.4, -0.2) is 34.4 Å². The highest BCUT2D eigenvalue weighted by atomic mass is 35.5.